The summed E-state index contributed by atoms with van der Waals surface area (Å²) in [5.41, 5.74) is 1.62. The molecule has 2 aromatic carbocycles. The summed E-state index contributed by atoms with van der Waals surface area (Å²) in [6.07, 6.45) is -0.356. The number of hydrogen-bond donors (Lipinski definition) is 1. The molecule has 2 amide bonds. The number of piperazine rings is 1. The van der Waals surface area contributed by atoms with Gasteiger partial charge in [0.1, 0.15) is 11.4 Å². The van der Waals surface area contributed by atoms with Crippen LogP contribution in [-0.4, -0.2) is 67.2 Å². The van der Waals surface area contributed by atoms with Crippen molar-refractivity contribution in [3.63, 3.8) is 0 Å². The first kappa shape index (κ1) is 25.0. The molecular formula is C24H29Cl2N3O4. The summed E-state index contributed by atoms with van der Waals surface area (Å²) in [6, 6.07) is 10.9. The van der Waals surface area contributed by atoms with Crippen molar-refractivity contribution in [2.24, 2.45) is 0 Å². The smallest absolute Gasteiger partial charge is 0.410 e. The lowest BCUT2D eigenvalue weighted by Crippen LogP contribution is -2.52. The van der Waals surface area contributed by atoms with Crippen molar-refractivity contribution >= 4 is 40.9 Å². The lowest BCUT2D eigenvalue weighted by atomic mass is 10.0. The molecular weight excluding hydrogens is 465 g/mol. The van der Waals surface area contributed by atoms with E-state index in [2.05, 4.69) is 5.32 Å². The lowest BCUT2D eigenvalue weighted by Gasteiger charge is -2.35. The van der Waals surface area contributed by atoms with Gasteiger partial charge in [-0.1, -0.05) is 41.4 Å². The topological polar surface area (TPSA) is 71.1 Å². The van der Waals surface area contributed by atoms with E-state index in [1.165, 1.54) is 0 Å². The zero-order chi connectivity index (χ0) is 24.2. The van der Waals surface area contributed by atoms with Gasteiger partial charge in [-0.3, -0.25) is 4.79 Å². The van der Waals surface area contributed by atoms with Crippen molar-refractivity contribution < 1.29 is 19.1 Å². The first-order valence-electron chi connectivity index (χ1n) is 10.7. The first-order chi connectivity index (χ1) is 15.6. The highest BCUT2D eigenvalue weighted by atomic mass is 35.5. The number of halogens is 2. The fraction of sp³-hybridized carbons (Fsp3) is 0.417. The molecule has 0 unspecified atom stereocenters. The van der Waals surface area contributed by atoms with Crippen LogP contribution in [-0.2, 0) is 9.53 Å². The molecule has 0 saturated carbocycles. The molecule has 9 heteroatoms. The minimum atomic E-state index is -0.547. The Morgan fingerprint density at radius 1 is 0.970 bits per heavy atom. The second kappa shape index (κ2) is 10.5. The van der Waals surface area contributed by atoms with Crippen LogP contribution in [0.3, 0.4) is 0 Å². The number of methoxy groups -OCH3 is 1. The molecule has 0 aliphatic carbocycles. The predicted molar refractivity (Wildman–Crippen MR) is 131 cm³/mol. The van der Waals surface area contributed by atoms with Crippen LogP contribution in [0, 0.1) is 0 Å². The summed E-state index contributed by atoms with van der Waals surface area (Å²) in [6.45, 7) is 7.33. The van der Waals surface area contributed by atoms with Crippen LogP contribution < -0.4 is 10.1 Å². The highest BCUT2D eigenvalue weighted by molar-refractivity contribution is 6.36. The molecule has 2 aromatic rings. The molecule has 1 aliphatic rings. The van der Waals surface area contributed by atoms with Crippen LogP contribution in [0.2, 0.25) is 10.0 Å². The van der Waals surface area contributed by atoms with Crippen LogP contribution in [0.1, 0.15) is 20.8 Å². The van der Waals surface area contributed by atoms with Gasteiger partial charge in [-0.25, -0.2) is 4.79 Å². The Labute approximate surface area is 204 Å². The number of nitrogens with one attached hydrogen (secondary N) is 1. The minimum absolute atomic E-state index is 0.0739. The van der Waals surface area contributed by atoms with Gasteiger partial charge in [0.25, 0.3) is 0 Å². The van der Waals surface area contributed by atoms with Crippen LogP contribution in [0.25, 0.3) is 11.1 Å². The molecule has 1 saturated heterocycles. The van der Waals surface area contributed by atoms with Gasteiger partial charge in [0.2, 0.25) is 5.91 Å². The molecule has 3 rings (SSSR count). The maximum Gasteiger partial charge on any atom is 0.410 e. The van der Waals surface area contributed by atoms with Gasteiger partial charge in [0.05, 0.1) is 24.4 Å². The largest absolute Gasteiger partial charge is 0.495 e. The fourth-order valence-corrected chi connectivity index (χ4v) is 3.99. The number of carbonyl (C=O) groups is 2. The quantitative estimate of drug-likeness (QED) is 0.622. The van der Waals surface area contributed by atoms with E-state index in [-0.39, 0.29) is 18.5 Å². The molecule has 1 heterocycles. The van der Waals surface area contributed by atoms with Crippen LogP contribution in [0.4, 0.5) is 10.5 Å². The Morgan fingerprint density at radius 3 is 2.21 bits per heavy atom. The highest BCUT2D eigenvalue weighted by Gasteiger charge is 2.27. The summed E-state index contributed by atoms with van der Waals surface area (Å²) in [5.74, 6) is 0.452. The minimum Gasteiger partial charge on any atom is -0.495 e. The zero-order valence-corrected chi connectivity index (χ0v) is 20.8. The third-order valence-electron chi connectivity index (χ3n) is 5.17. The van der Waals surface area contributed by atoms with Crippen molar-refractivity contribution in [3.05, 3.63) is 46.4 Å². The van der Waals surface area contributed by atoms with Gasteiger partial charge in [-0.2, -0.15) is 0 Å². The van der Waals surface area contributed by atoms with Crippen molar-refractivity contribution in [3.8, 4) is 16.9 Å². The summed E-state index contributed by atoms with van der Waals surface area (Å²) in [4.78, 5) is 28.4. The van der Waals surface area contributed by atoms with Gasteiger partial charge in [-0.15, -0.1) is 0 Å². The summed E-state index contributed by atoms with van der Waals surface area (Å²) >= 11 is 12.8. The number of amides is 2. The summed E-state index contributed by atoms with van der Waals surface area (Å²) in [7, 11) is 1.55. The first-order valence-corrected chi connectivity index (χ1v) is 11.5. The number of ether oxygens (including phenoxy) is 2. The molecule has 1 N–H and O–H groups in total. The second-order valence-electron chi connectivity index (χ2n) is 8.71. The van der Waals surface area contributed by atoms with Crippen LogP contribution in [0.15, 0.2) is 36.4 Å². The predicted octanol–water partition coefficient (Wildman–Crippen LogP) is 5.16. The molecule has 178 valence electrons. The van der Waals surface area contributed by atoms with Gasteiger partial charge >= 0.3 is 6.09 Å². The number of nitrogens with zero attached hydrogens (tertiary/aromatic N) is 2. The van der Waals surface area contributed by atoms with E-state index >= 15 is 0 Å². The number of hydrogen-bond acceptors (Lipinski definition) is 5. The number of rotatable bonds is 5. The van der Waals surface area contributed by atoms with E-state index in [1.54, 1.807) is 29.0 Å². The van der Waals surface area contributed by atoms with Crippen molar-refractivity contribution in [1.82, 2.24) is 9.80 Å². The fourth-order valence-electron chi connectivity index (χ4n) is 3.50. The van der Waals surface area contributed by atoms with Crippen molar-refractivity contribution in [1.29, 1.82) is 0 Å². The van der Waals surface area contributed by atoms with E-state index in [0.717, 1.165) is 11.1 Å². The van der Waals surface area contributed by atoms with Crippen LogP contribution in [0.5, 0.6) is 5.75 Å². The molecule has 0 spiro atoms. The van der Waals surface area contributed by atoms with Gasteiger partial charge in [-0.05, 0) is 32.9 Å². The number of carbonyl (C=O) groups excluding carboxylic acids is 2. The third kappa shape index (κ3) is 6.45. The van der Waals surface area contributed by atoms with E-state index in [1.807, 2.05) is 45.0 Å². The van der Waals surface area contributed by atoms with Gasteiger partial charge in [0, 0.05) is 48.4 Å². The van der Waals surface area contributed by atoms with Crippen molar-refractivity contribution in [2.45, 2.75) is 26.4 Å². The Bertz CT molecular complexity index is 1020. The summed E-state index contributed by atoms with van der Waals surface area (Å²) < 4.78 is 10.8. The molecule has 33 heavy (non-hydrogen) atoms. The molecule has 0 atom stereocenters. The van der Waals surface area contributed by atoms with Gasteiger partial charge in [0.15, 0.2) is 0 Å². The monoisotopic (exact) mass is 493 g/mol. The Balaban J connectivity index is 1.64. The standard InChI is InChI=1S/C24H29Cl2N3O4/c1-24(2,3)33-23(31)29-11-9-28(10-12-29)22(30)15-27-20-13-17(19(26)14-21(20)32-4)16-7-5-6-8-18(16)25/h5-8,13-14,27H,9-12,15H2,1-4H3. The average molecular weight is 494 g/mol. The normalized spacial score (nSPS) is 14.1. The average Bonchev–Trinajstić information content (AvgIpc) is 2.77. The molecule has 7 nitrogen and oxygen atoms in total. The lowest BCUT2D eigenvalue weighted by molar-refractivity contribution is -0.131. The molecule has 1 aliphatic heterocycles. The van der Waals surface area contributed by atoms with E-state index < -0.39 is 5.60 Å². The van der Waals surface area contributed by atoms with E-state index in [0.29, 0.717) is 47.7 Å². The van der Waals surface area contributed by atoms with E-state index in [4.69, 9.17) is 32.7 Å². The SMILES string of the molecule is COc1cc(Cl)c(-c2ccccc2Cl)cc1NCC(=O)N1CCN(C(=O)OC(C)(C)C)CC1. The number of anilines is 1. The molecule has 1 fully saturated rings. The van der Waals surface area contributed by atoms with E-state index in [9.17, 15) is 9.59 Å². The molecule has 0 bridgehead atoms. The Hall–Kier alpha value is -2.64. The maximum absolute atomic E-state index is 12.8. The summed E-state index contributed by atoms with van der Waals surface area (Å²) in [5, 5.41) is 4.23. The highest BCUT2D eigenvalue weighted by Crippen LogP contribution is 2.39. The Kier molecular flexibility index (Phi) is 7.97. The third-order valence-corrected chi connectivity index (χ3v) is 5.81. The molecule has 0 aromatic heterocycles. The second-order valence-corrected chi connectivity index (χ2v) is 9.53. The van der Waals surface area contributed by atoms with Crippen LogP contribution >= 0.6 is 23.2 Å². The molecule has 0 radical (unpaired) electrons. The Morgan fingerprint density at radius 2 is 1.61 bits per heavy atom. The zero-order valence-electron chi connectivity index (χ0n) is 19.3. The van der Waals surface area contributed by atoms with Crippen molar-refractivity contribution in [2.75, 3.05) is 45.2 Å². The van der Waals surface area contributed by atoms with Gasteiger partial charge < -0.3 is 24.6 Å². The maximum atomic E-state index is 12.8. The number of benzene rings is 2.